The van der Waals surface area contributed by atoms with Crippen LogP contribution >= 0.6 is 0 Å². The van der Waals surface area contributed by atoms with E-state index in [0.29, 0.717) is 11.8 Å². The van der Waals surface area contributed by atoms with Gasteiger partial charge in [0.15, 0.2) is 0 Å². The first-order valence-electron chi connectivity index (χ1n) is 6.00. The Balaban J connectivity index is 1.78. The van der Waals surface area contributed by atoms with Gasteiger partial charge >= 0.3 is 0 Å². The Morgan fingerprint density at radius 1 is 1.24 bits per heavy atom. The molecule has 90 valence electrons. The Morgan fingerprint density at radius 2 is 1.88 bits per heavy atom. The molecular weight excluding hydrogens is 219 g/mol. The predicted octanol–water partition coefficient (Wildman–Crippen LogP) is 1.12. The largest absolute Gasteiger partial charge is 0.338 e. The summed E-state index contributed by atoms with van der Waals surface area (Å²) in [6.07, 6.45) is 0. The number of carbonyl (C=O) groups excluding carboxylic acids is 1. The average Bonchev–Trinajstić information content (AvgIpc) is 2.88. The molecule has 1 aromatic carbocycles. The molecule has 2 saturated heterocycles. The second-order valence-corrected chi connectivity index (χ2v) is 4.87. The van der Waals surface area contributed by atoms with Gasteiger partial charge in [-0.3, -0.25) is 4.79 Å². The van der Waals surface area contributed by atoms with Gasteiger partial charge in [0.1, 0.15) is 5.82 Å². The lowest BCUT2D eigenvalue weighted by Crippen LogP contribution is -2.32. The van der Waals surface area contributed by atoms with Gasteiger partial charge < -0.3 is 10.2 Å². The normalized spacial score (nSPS) is 27.2. The maximum atomic E-state index is 13.5. The lowest BCUT2D eigenvalue weighted by Gasteiger charge is -2.17. The molecule has 17 heavy (non-hydrogen) atoms. The van der Waals surface area contributed by atoms with Gasteiger partial charge in [0.2, 0.25) is 0 Å². The standard InChI is InChI=1S/C13H15FN2O/c14-12-4-2-1-3-11(12)13(17)16-7-9-5-15-6-10(9)8-16/h1-4,9-10,15H,5-8H2/t9-,10-/m0/s1. The fourth-order valence-electron chi connectivity index (χ4n) is 2.83. The van der Waals surface area contributed by atoms with Crippen LogP contribution < -0.4 is 5.32 Å². The average molecular weight is 234 g/mol. The van der Waals surface area contributed by atoms with Crippen LogP contribution in [-0.4, -0.2) is 37.0 Å². The number of halogens is 1. The van der Waals surface area contributed by atoms with Gasteiger partial charge in [-0.25, -0.2) is 4.39 Å². The summed E-state index contributed by atoms with van der Waals surface area (Å²) < 4.78 is 13.5. The number of carbonyl (C=O) groups is 1. The van der Waals surface area contributed by atoms with E-state index in [4.69, 9.17) is 0 Å². The molecule has 0 radical (unpaired) electrons. The van der Waals surface area contributed by atoms with Crippen LogP contribution in [0.3, 0.4) is 0 Å². The van der Waals surface area contributed by atoms with Crippen molar-refractivity contribution in [2.24, 2.45) is 11.8 Å². The van der Waals surface area contributed by atoms with Gasteiger partial charge in [-0.2, -0.15) is 0 Å². The molecule has 0 aromatic heterocycles. The van der Waals surface area contributed by atoms with Crippen LogP contribution in [0.4, 0.5) is 4.39 Å². The number of benzene rings is 1. The van der Waals surface area contributed by atoms with Gasteiger partial charge in [0.05, 0.1) is 5.56 Å². The Morgan fingerprint density at radius 3 is 2.53 bits per heavy atom. The number of nitrogens with zero attached hydrogens (tertiary/aromatic N) is 1. The Kier molecular flexibility index (Phi) is 2.59. The monoisotopic (exact) mass is 234 g/mol. The van der Waals surface area contributed by atoms with Crippen molar-refractivity contribution in [3.63, 3.8) is 0 Å². The van der Waals surface area contributed by atoms with Crippen LogP contribution in [0.1, 0.15) is 10.4 Å². The van der Waals surface area contributed by atoms with E-state index in [1.807, 2.05) is 0 Å². The molecule has 3 nitrogen and oxygen atoms in total. The zero-order chi connectivity index (χ0) is 11.8. The number of nitrogens with one attached hydrogen (secondary N) is 1. The minimum Gasteiger partial charge on any atom is -0.338 e. The Bertz CT molecular complexity index is 437. The van der Waals surface area contributed by atoms with E-state index < -0.39 is 5.82 Å². The van der Waals surface area contributed by atoms with E-state index in [1.54, 1.807) is 23.1 Å². The molecule has 3 rings (SSSR count). The van der Waals surface area contributed by atoms with E-state index in [1.165, 1.54) is 6.07 Å². The van der Waals surface area contributed by atoms with E-state index in [2.05, 4.69) is 5.32 Å². The van der Waals surface area contributed by atoms with Crippen molar-refractivity contribution in [2.45, 2.75) is 0 Å². The molecule has 0 aliphatic carbocycles. The summed E-state index contributed by atoms with van der Waals surface area (Å²) in [5, 5.41) is 3.32. The van der Waals surface area contributed by atoms with Crippen molar-refractivity contribution in [1.82, 2.24) is 10.2 Å². The quantitative estimate of drug-likeness (QED) is 0.789. The summed E-state index contributed by atoms with van der Waals surface area (Å²) in [4.78, 5) is 14.0. The molecule has 1 N–H and O–H groups in total. The highest BCUT2D eigenvalue weighted by Crippen LogP contribution is 2.27. The first-order valence-corrected chi connectivity index (χ1v) is 6.00. The zero-order valence-corrected chi connectivity index (χ0v) is 9.53. The summed E-state index contributed by atoms with van der Waals surface area (Å²) >= 11 is 0. The summed E-state index contributed by atoms with van der Waals surface area (Å²) in [5.74, 6) is 0.502. The van der Waals surface area contributed by atoms with Crippen molar-refractivity contribution >= 4 is 5.91 Å². The first kappa shape index (κ1) is 10.7. The SMILES string of the molecule is O=C(c1ccccc1F)N1C[C@@H]2CNC[C@H]2C1. The minimum atomic E-state index is -0.423. The first-order chi connectivity index (χ1) is 8.25. The maximum absolute atomic E-state index is 13.5. The number of hydrogen-bond acceptors (Lipinski definition) is 2. The van der Waals surface area contributed by atoms with Gasteiger partial charge in [-0.1, -0.05) is 12.1 Å². The second-order valence-electron chi connectivity index (χ2n) is 4.87. The minimum absolute atomic E-state index is 0.169. The molecule has 2 fully saturated rings. The molecule has 1 amide bonds. The van der Waals surface area contributed by atoms with Crippen LogP contribution in [0.2, 0.25) is 0 Å². The molecule has 4 heteroatoms. The van der Waals surface area contributed by atoms with E-state index in [-0.39, 0.29) is 11.5 Å². The van der Waals surface area contributed by atoms with Crippen LogP contribution in [0.15, 0.2) is 24.3 Å². The van der Waals surface area contributed by atoms with Crippen molar-refractivity contribution in [3.05, 3.63) is 35.6 Å². The van der Waals surface area contributed by atoms with E-state index in [9.17, 15) is 9.18 Å². The number of amides is 1. The summed E-state index contributed by atoms with van der Waals surface area (Å²) in [5.41, 5.74) is 0.195. The molecule has 0 unspecified atom stereocenters. The molecule has 2 heterocycles. The number of fused-ring (bicyclic) bond motifs is 1. The zero-order valence-electron chi connectivity index (χ0n) is 9.53. The lowest BCUT2D eigenvalue weighted by molar-refractivity contribution is 0.0777. The smallest absolute Gasteiger partial charge is 0.256 e. The maximum Gasteiger partial charge on any atom is 0.256 e. The van der Waals surface area contributed by atoms with E-state index >= 15 is 0 Å². The fraction of sp³-hybridized carbons (Fsp3) is 0.462. The van der Waals surface area contributed by atoms with Gasteiger partial charge in [0, 0.05) is 26.2 Å². The van der Waals surface area contributed by atoms with Crippen LogP contribution in [0.5, 0.6) is 0 Å². The summed E-state index contributed by atoms with van der Waals surface area (Å²) in [7, 11) is 0. The van der Waals surface area contributed by atoms with Crippen molar-refractivity contribution in [3.8, 4) is 0 Å². The summed E-state index contributed by atoms with van der Waals surface area (Å²) in [6, 6.07) is 6.21. The van der Waals surface area contributed by atoms with Gasteiger partial charge in [0.25, 0.3) is 5.91 Å². The van der Waals surface area contributed by atoms with Crippen molar-refractivity contribution in [1.29, 1.82) is 0 Å². The Labute approximate surface area is 99.6 Å². The highest BCUT2D eigenvalue weighted by atomic mass is 19.1. The number of likely N-dealkylation sites (tertiary alicyclic amines) is 1. The highest BCUT2D eigenvalue weighted by molar-refractivity contribution is 5.94. The molecule has 0 bridgehead atoms. The third kappa shape index (κ3) is 1.82. The third-order valence-corrected chi connectivity index (χ3v) is 3.78. The van der Waals surface area contributed by atoms with Crippen LogP contribution in [0, 0.1) is 17.7 Å². The van der Waals surface area contributed by atoms with Gasteiger partial charge in [-0.15, -0.1) is 0 Å². The topological polar surface area (TPSA) is 32.3 Å². The number of rotatable bonds is 1. The molecule has 0 spiro atoms. The molecular formula is C13H15FN2O. The van der Waals surface area contributed by atoms with Crippen molar-refractivity contribution in [2.75, 3.05) is 26.2 Å². The van der Waals surface area contributed by atoms with Crippen LogP contribution in [-0.2, 0) is 0 Å². The molecule has 2 aliphatic heterocycles. The third-order valence-electron chi connectivity index (χ3n) is 3.78. The fourth-order valence-corrected chi connectivity index (χ4v) is 2.83. The highest BCUT2D eigenvalue weighted by Gasteiger charge is 2.38. The summed E-state index contributed by atoms with van der Waals surface area (Å²) in [6.45, 7) is 3.47. The molecule has 2 atom stereocenters. The van der Waals surface area contributed by atoms with E-state index in [0.717, 1.165) is 26.2 Å². The molecule has 1 aromatic rings. The Hall–Kier alpha value is -1.42. The number of hydrogen-bond donors (Lipinski definition) is 1. The second kappa shape index (κ2) is 4.11. The van der Waals surface area contributed by atoms with Gasteiger partial charge in [-0.05, 0) is 24.0 Å². The molecule has 0 saturated carbocycles. The van der Waals surface area contributed by atoms with Crippen LogP contribution in [0.25, 0.3) is 0 Å². The predicted molar refractivity (Wildman–Crippen MR) is 62.2 cm³/mol. The lowest BCUT2D eigenvalue weighted by atomic mass is 10.0. The molecule has 2 aliphatic rings. The van der Waals surface area contributed by atoms with Crippen molar-refractivity contribution < 1.29 is 9.18 Å².